The van der Waals surface area contributed by atoms with Crippen molar-refractivity contribution in [2.45, 2.75) is 31.1 Å². The number of nitrogens with zero attached hydrogens (tertiary/aromatic N) is 2. The van der Waals surface area contributed by atoms with Gasteiger partial charge in [0.1, 0.15) is 0 Å². The molecule has 0 aliphatic carbocycles. The van der Waals surface area contributed by atoms with E-state index in [1.807, 2.05) is 37.3 Å². The highest BCUT2D eigenvalue weighted by Crippen LogP contribution is 2.32. The molecule has 33 heavy (non-hydrogen) atoms. The lowest BCUT2D eigenvalue weighted by molar-refractivity contribution is -0.114. The fraction of sp³-hybridized carbons (Fsp3) is 0.458. The number of morpholine rings is 1. The summed E-state index contributed by atoms with van der Waals surface area (Å²) in [6.45, 7) is 5.41. The fourth-order valence-corrected chi connectivity index (χ4v) is 5.74. The van der Waals surface area contributed by atoms with Crippen LogP contribution in [0, 0.1) is 0 Å². The van der Waals surface area contributed by atoms with Gasteiger partial charge in [-0.05, 0) is 49.1 Å². The SMILES string of the molecule is CCc1ccccc1NC(=O)CNc1cc(S(=O)(=O)N2CCOCC2)ccc1N1CCCC1. The third kappa shape index (κ3) is 5.48. The van der Waals surface area contributed by atoms with Gasteiger partial charge in [-0.1, -0.05) is 25.1 Å². The van der Waals surface area contributed by atoms with E-state index in [0.717, 1.165) is 49.3 Å². The number of hydrogen-bond donors (Lipinski definition) is 2. The van der Waals surface area contributed by atoms with Crippen LogP contribution in [0.25, 0.3) is 0 Å². The van der Waals surface area contributed by atoms with Crippen LogP contribution in [0.3, 0.4) is 0 Å². The summed E-state index contributed by atoms with van der Waals surface area (Å²) in [6.07, 6.45) is 3.02. The smallest absolute Gasteiger partial charge is 0.243 e. The van der Waals surface area contributed by atoms with E-state index < -0.39 is 10.0 Å². The van der Waals surface area contributed by atoms with Gasteiger partial charge in [0.25, 0.3) is 0 Å². The van der Waals surface area contributed by atoms with E-state index in [0.29, 0.717) is 32.0 Å². The number of rotatable bonds is 8. The van der Waals surface area contributed by atoms with Gasteiger partial charge in [0.15, 0.2) is 0 Å². The van der Waals surface area contributed by atoms with Crippen molar-refractivity contribution < 1.29 is 17.9 Å². The van der Waals surface area contributed by atoms with Crippen molar-refractivity contribution in [3.8, 4) is 0 Å². The Morgan fingerprint density at radius 3 is 2.45 bits per heavy atom. The normalized spacial score (nSPS) is 17.2. The van der Waals surface area contributed by atoms with E-state index in [-0.39, 0.29) is 17.3 Å². The van der Waals surface area contributed by atoms with Crippen molar-refractivity contribution in [3.05, 3.63) is 48.0 Å². The number of anilines is 3. The van der Waals surface area contributed by atoms with E-state index in [4.69, 9.17) is 4.74 Å². The molecule has 2 saturated heterocycles. The number of para-hydroxylation sites is 1. The zero-order chi connectivity index (χ0) is 23.3. The third-order valence-electron chi connectivity index (χ3n) is 6.13. The lowest BCUT2D eigenvalue weighted by Crippen LogP contribution is -2.40. The highest BCUT2D eigenvalue weighted by Gasteiger charge is 2.28. The predicted molar refractivity (Wildman–Crippen MR) is 130 cm³/mol. The first-order valence-corrected chi connectivity index (χ1v) is 13.0. The van der Waals surface area contributed by atoms with Gasteiger partial charge in [-0.15, -0.1) is 0 Å². The molecule has 0 unspecified atom stereocenters. The van der Waals surface area contributed by atoms with Crippen LogP contribution in [0.15, 0.2) is 47.4 Å². The summed E-state index contributed by atoms with van der Waals surface area (Å²) in [7, 11) is -3.63. The second kappa shape index (κ2) is 10.5. The summed E-state index contributed by atoms with van der Waals surface area (Å²) >= 11 is 0. The number of aryl methyl sites for hydroxylation is 1. The molecular formula is C24H32N4O4S. The third-order valence-corrected chi connectivity index (χ3v) is 8.03. The molecule has 178 valence electrons. The summed E-state index contributed by atoms with van der Waals surface area (Å²) < 4.78 is 33.1. The summed E-state index contributed by atoms with van der Waals surface area (Å²) in [5.41, 5.74) is 3.46. The number of amides is 1. The second-order valence-electron chi connectivity index (χ2n) is 8.30. The van der Waals surface area contributed by atoms with Crippen LogP contribution >= 0.6 is 0 Å². The van der Waals surface area contributed by atoms with Crippen LogP contribution in [0.2, 0.25) is 0 Å². The molecule has 2 aliphatic rings. The van der Waals surface area contributed by atoms with Crippen molar-refractivity contribution in [1.29, 1.82) is 0 Å². The lowest BCUT2D eigenvalue weighted by Gasteiger charge is -2.27. The Morgan fingerprint density at radius 1 is 1.00 bits per heavy atom. The molecule has 2 aromatic rings. The van der Waals surface area contributed by atoms with Gasteiger partial charge < -0.3 is 20.3 Å². The van der Waals surface area contributed by atoms with Crippen LogP contribution in [-0.4, -0.2) is 64.6 Å². The van der Waals surface area contributed by atoms with Crippen LogP contribution in [-0.2, 0) is 26.0 Å². The minimum atomic E-state index is -3.63. The van der Waals surface area contributed by atoms with Crippen molar-refractivity contribution in [2.24, 2.45) is 0 Å². The van der Waals surface area contributed by atoms with Crippen molar-refractivity contribution in [2.75, 3.05) is 61.5 Å². The number of ether oxygens (including phenoxy) is 1. The highest BCUT2D eigenvalue weighted by atomic mass is 32.2. The molecular weight excluding hydrogens is 440 g/mol. The molecule has 0 aromatic heterocycles. The monoisotopic (exact) mass is 472 g/mol. The number of carbonyl (C=O) groups excluding carboxylic acids is 1. The van der Waals surface area contributed by atoms with Crippen molar-refractivity contribution >= 4 is 33.0 Å². The van der Waals surface area contributed by atoms with Gasteiger partial charge in [-0.25, -0.2) is 8.42 Å². The zero-order valence-corrected chi connectivity index (χ0v) is 19.9. The van der Waals surface area contributed by atoms with E-state index in [1.54, 1.807) is 12.1 Å². The first-order valence-electron chi connectivity index (χ1n) is 11.6. The molecule has 2 fully saturated rings. The quantitative estimate of drug-likeness (QED) is 0.614. The van der Waals surface area contributed by atoms with Crippen molar-refractivity contribution in [3.63, 3.8) is 0 Å². The molecule has 0 radical (unpaired) electrons. The summed E-state index contributed by atoms with van der Waals surface area (Å²) in [5, 5.41) is 6.16. The first kappa shape index (κ1) is 23.5. The predicted octanol–water partition coefficient (Wildman–Crippen LogP) is 2.92. The van der Waals surface area contributed by atoms with E-state index in [1.165, 1.54) is 4.31 Å². The minimum Gasteiger partial charge on any atom is -0.379 e. The van der Waals surface area contributed by atoms with Crippen LogP contribution in [0.1, 0.15) is 25.3 Å². The van der Waals surface area contributed by atoms with Gasteiger partial charge in [0, 0.05) is 31.9 Å². The molecule has 0 saturated carbocycles. The number of hydrogen-bond acceptors (Lipinski definition) is 6. The Hall–Kier alpha value is -2.62. The van der Waals surface area contributed by atoms with Gasteiger partial charge in [0.05, 0.1) is 36.0 Å². The van der Waals surface area contributed by atoms with E-state index in [2.05, 4.69) is 15.5 Å². The summed E-state index contributed by atoms with van der Waals surface area (Å²) in [6, 6.07) is 12.9. The molecule has 4 rings (SSSR count). The van der Waals surface area contributed by atoms with Crippen molar-refractivity contribution in [1.82, 2.24) is 4.31 Å². The van der Waals surface area contributed by atoms with Gasteiger partial charge in [-0.3, -0.25) is 4.79 Å². The van der Waals surface area contributed by atoms with Gasteiger partial charge >= 0.3 is 0 Å². The number of carbonyl (C=O) groups is 1. The first-order chi connectivity index (χ1) is 16.0. The number of sulfonamides is 1. The molecule has 0 atom stereocenters. The summed E-state index contributed by atoms with van der Waals surface area (Å²) in [5.74, 6) is -0.176. The molecule has 2 aliphatic heterocycles. The molecule has 2 heterocycles. The van der Waals surface area contributed by atoms with Gasteiger partial charge in [-0.2, -0.15) is 4.31 Å². The molecule has 0 spiro atoms. The standard InChI is InChI=1S/C24H32N4O4S/c1-2-19-7-3-4-8-21(19)26-24(29)18-25-22-17-20(9-10-23(22)27-11-5-6-12-27)33(30,31)28-13-15-32-16-14-28/h3-4,7-10,17,25H,2,5-6,11-16,18H2,1H3,(H,26,29). The molecule has 2 N–H and O–H groups in total. The van der Waals surface area contributed by atoms with Crippen LogP contribution in [0.5, 0.6) is 0 Å². The highest BCUT2D eigenvalue weighted by molar-refractivity contribution is 7.89. The van der Waals surface area contributed by atoms with Crippen LogP contribution < -0.4 is 15.5 Å². The zero-order valence-electron chi connectivity index (χ0n) is 19.0. The van der Waals surface area contributed by atoms with E-state index in [9.17, 15) is 13.2 Å². The fourth-order valence-electron chi connectivity index (χ4n) is 4.31. The average Bonchev–Trinajstić information content (AvgIpc) is 3.38. The lowest BCUT2D eigenvalue weighted by atomic mass is 10.1. The maximum absolute atomic E-state index is 13.2. The maximum Gasteiger partial charge on any atom is 0.243 e. The summed E-state index contributed by atoms with van der Waals surface area (Å²) in [4.78, 5) is 15.2. The average molecular weight is 473 g/mol. The molecule has 9 heteroatoms. The second-order valence-corrected chi connectivity index (χ2v) is 10.2. The Kier molecular flexibility index (Phi) is 7.52. The molecule has 8 nitrogen and oxygen atoms in total. The maximum atomic E-state index is 13.2. The minimum absolute atomic E-state index is 0.0416. The Labute approximate surface area is 196 Å². The Balaban J connectivity index is 1.54. The molecule has 2 aromatic carbocycles. The Bertz CT molecular complexity index is 1080. The number of nitrogens with one attached hydrogen (secondary N) is 2. The molecule has 1 amide bonds. The molecule has 0 bridgehead atoms. The number of benzene rings is 2. The van der Waals surface area contributed by atoms with E-state index >= 15 is 0 Å². The largest absolute Gasteiger partial charge is 0.379 e. The van der Waals surface area contributed by atoms with Crippen LogP contribution in [0.4, 0.5) is 17.1 Å². The van der Waals surface area contributed by atoms with Gasteiger partial charge in [0.2, 0.25) is 15.9 Å². The Morgan fingerprint density at radius 2 is 1.73 bits per heavy atom. The topological polar surface area (TPSA) is 91.0 Å².